The number of hydrogen-bond donors (Lipinski definition) is 2. The highest BCUT2D eigenvalue weighted by Crippen LogP contribution is 2.07. The molecule has 0 spiro atoms. The Morgan fingerprint density at radius 3 is 2.16 bits per heavy atom. The average molecular weight is 339 g/mol. The van der Waals surface area contributed by atoms with E-state index in [1.165, 1.54) is 0 Å². The molecule has 2 amide bonds. The third-order valence-corrected chi connectivity index (χ3v) is 3.63. The van der Waals surface area contributed by atoms with Crippen LogP contribution in [0.5, 0.6) is 0 Å². The zero-order valence-corrected chi connectivity index (χ0v) is 14.1. The van der Waals surface area contributed by atoms with Crippen LogP contribution in [0.4, 0.5) is 0 Å². The maximum Gasteiger partial charge on any atom is 0.251 e. The fourth-order valence-corrected chi connectivity index (χ4v) is 2.18. The molecular weight excluding hydrogens is 318 g/mol. The summed E-state index contributed by atoms with van der Waals surface area (Å²) in [6, 6.07) is 10.5. The largest absolute Gasteiger partial charge is 0.354 e. The first-order valence-electron chi connectivity index (χ1n) is 8.11. The minimum atomic E-state index is -0.216. The Hall–Kier alpha value is -3.02. The molecule has 1 aromatic heterocycles. The van der Waals surface area contributed by atoms with E-state index in [-0.39, 0.29) is 30.4 Å². The Balaban J connectivity index is 1.63. The van der Waals surface area contributed by atoms with Crippen molar-refractivity contribution in [2.45, 2.75) is 19.8 Å². The number of nitrogens with zero attached hydrogens (tertiary/aromatic N) is 1. The van der Waals surface area contributed by atoms with Crippen molar-refractivity contribution < 1.29 is 14.4 Å². The lowest BCUT2D eigenvalue weighted by molar-refractivity contribution is -0.121. The summed E-state index contributed by atoms with van der Waals surface area (Å²) in [6.07, 6.45) is 3.38. The molecule has 1 aromatic carbocycles. The van der Waals surface area contributed by atoms with E-state index in [0.29, 0.717) is 24.2 Å². The molecule has 0 aliphatic carbocycles. The topological polar surface area (TPSA) is 88.2 Å². The molecule has 0 bridgehead atoms. The van der Waals surface area contributed by atoms with Gasteiger partial charge in [-0.25, -0.2) is 0 Å². The van der Waals surface area contributed by atoms with Crippen LogP contribution in [0.3, 0.4) is 0 Å². The van der Waals surface area contributed by atoms with Gasteiger partial charge >= 0.3 is 0 Å². The van der Waals surface area contributed by atoms with E-state index < -0.39 is 0 Å². The molecule has 0 radical (unpaired) electrons. The number of amides is 2. The van der Waals surface area contributed by atoms with E-state index in [1.807, 2.05) is 19.1 Å². The van der Waals surface area contributed by atoms with Gasteiger partial charge in [-0.1, -0.05) is 29.8 Å². The fraction of sp³-hybridized carbons (Fsp3) is 0.263. The van der Waals surface area contributed by atoms with Crippen LogP contribution in [-0.4, -0.2) is 35.7 Å². The van der Waals surface area contributed by atoms with Crippen LogP contribution in [-0.2, 0) is 4.79 Å². The van der Waals surface area contributed by atoms with Crippen molar-refractivity contribution >= 4 is 17.6 Å². The van der Waals surface area contributed by atoms with Gasteiger partial charge in [-0.3, -0.25) is 19.4 Å². The van der Waals surface area contributed by atoms with Crippen molar-refractivity contribution in [2.24, 2.45) is 0 Å². The average Bonchev–Trinajstić information content (AvgIpc) is 2.64. The normalized spacial score (nSPS) is 10.1. The Labute approximate surface area is 146 Å². The first kappa shape index (κ1) is 18.3. The Morgan fingerprint density at radius 1 is 0.840 bits per heavy atom. The van der Waals surface area contributed by atoms with Gasteiger partial charge in [-0.05, 0) is 19.1 Å². The van der Waals surface area contributed by atoms with Crippen molar-refractivity contribution in [1.29, 1.82) is 0 Å². The molecule has 2 N–H and O–H groups in total. The maximum absolute atomic E-state index is 12.0. The molecule has 6 nitrogen and oxygen atoms in total. The summed E-state index contributed by atoms with van der Waals surface area (Å²) in [7, 11) is 0. The zero-order chi connectivity index (χ0) is 18.1. The highest BCUT2D eigenvalue weighted by molar-refractivity contribution is 5.98. The smallest absolute Gasteiger partial charge is 0.251 e. The lowest BCUT2D eigenvalue weighted by atomic mass is 10.1. The minimum absolute atomic E-state index is 0.0545. The summed E-state index contributed by atoms with van der Waals surface area (Å²) in [5, 5.41) is 5.39. The molecule has 0 aliphatic heterocycles. The number of ketones is 1. The second-order valence-electron chi connectivity index (χ2n) is 5.63. The zero-order valence-electron chi connectivity index (χ0n) is 14.1. The van der Waals surface area contributed by atoms with Gasteiger partial charge in [0.2, 0.25) is 5.91 Å². The summed E-state index contributed by atoms with van der Waals surface area (Å²) in [5.74, 6) is -0.481. The van der Waals surface area contributed by atoms with Crippen LogP contribution >= 0.6 is 0 Å². The number of aryl methyl sites for hydroxylation is 1. The predicted octanol–water partition coefficient (Wildman–Crippen LogP) is 1.90. The molecule has 0 unspecified atom stereocenters. The number of carbonyl (C=O) groups is 3. The lowest BCUT2D eigenvalue weighted by Gasteiger charge is -2.07. The number of hydrogen-bond acceptors (Lipinski definition) is 4. The molecule has 2 rings (SSSR count). The molecule has 0 atom stereocenters. The first-order valence-corrected chi connectivity index (χ1v) is 8.11. The number of nitrogens with one attached hydrogen (secondary N) is 2. The summed E-state index contributed by atoms with van der Waals surface area (Å²) in [4.78, 5) is 39.4. The quantitative estimate of drug-likeness (QED) is 0.568. The van der Waals surface area contributed by atoms with Crippen molar-refractivity contribution in [3.05, 3.63) is 65.5 Å². The van der Waals surface area contributed by atoms with Crippen molar-refractivity contribution in [3.8, 4) is 0 Å². The standard InChI is InChI=1S/C19H21N3O3/c1-14-2-4-15(5-3-14)17(23)6-7-18(24)21-12-13-22-19(25)16-8-10-20-11-9-16/h2-5,8-11H,6-7,12-13H2,1H3,(H,21,24)(H,22,25). The summed E-state index contributed by atoms with van der Waals surface area (Å²) < 4.78 is 0. The van der Waals surface area contributed by atoms with Crippen molar-refractivity contribution in [1.82, 2.24) is 15.6 Å². The molecule has 0 saturated heterocycles. The molecule has 1 heterocycles. The fourth-order valence-electron chi connectivity index (χ4n) is 2.18. The van der Waals surface area contributed by atoms with Crippen LogP contribution in [0.1, 0.15) is 39.1 Å². The van der Waals surface area contributed by atoms with Crippen LogP contribution in [0.15, 0.2) is 48.8 Å². The predicted molar refractivity (Wildman–Crippen MR) is 94.3 cm³/mol. The van der Waals surface area contributed by atoms with Crippen LogP contribution in [0, 0.1) is 6.92 Å². The number of Topliss-reactive ketones (excluding diaryl/α,β-unsaturated/α-hetero) is 1. The number of aromatic nitrogens is 1. The van der Waals surface area contributed by atoms with Crippen molar-refractivity contribution in [2.75, 3.05) is 13.1 Å². The van der Waals surface area contributed by atoms with Gasteiger partial charge in [0.1, 0.15) is 0 Å². The van der Waals surface area contributed by atoms with E-state index in [0.717, 1.165) is 5.56 Å². The Morgan fingerprint density at radius 2 is 1.48 bits per heavy atom. The lowest BCUT2D eigenvalue weighted by Crippen LogP contribution is -2.34. The molecule has 25 heavy (non-hydrogen) atoms. The van der Waals surface area contributed by atoms with Gasteiger partial charge in [0.05, 0.1) is 0 Å². The van der Waals surface area contributed by atoms with Crippen molar-refractivity contribution in [3.63, 3.8) is 0 Å². The highest BCUT2D eigenvalue weighted by Gasteiger charge is 2.09. The van der Waals surface area contributed by atoms with Gasteiger partial charge in [-0.2, -0.15) is 0 Å². The SMILES string of the molecule is Cc1ccc(C(=O)CCC(=O)NCCNC(=O)c2ccncc2)cc1. The van der Waals surface area contributed by atoms with E-state index in [2.05, 4.69) is 15.6 Å². The summed E-state index contributed by atoms with van der Waals surface area (Å²) >= 11 is 0. The van der Waals surface area contributed by atoms with Gasteiger partial charge in [-0.15, -0.1) is 0 Å². The second kappa shape index (κ2) is 9.32. The molecule has 2 aromatic rings. The first-order chi connectivity index (χ1) is 12.1. The van der Waals surface area contributed by atoms with Gasteiger partial charge in [0.15, 0.2) is 5.78 Å². The van der Waals surface area contributed by atoms with E-state index in [4.69, 9.17) is 0 Å². The number of pyridine rings is 1. The third-order valence-electron chi connectivity index (χ3n) is 3.63. The summed E-state index contributed by atoms with van der Waals surface area (Å²) in [5.41, 5.74) is 2.22. The van der Waals surface area contributed by atoms with Crippen LogP contribution < -0.4 is 10.6 Å². The maximum atomic E-state index is 12.0. The van der Waals surface area contributed by atoms with E-state index in [9.17, 15) is 14.4 Å². The monoisotopic (exact) mass is 339 g/mol. The van der Waals surface area contributed by atoms with E-state index >= 15 is 0 Å². The Kier molecular flexibility index (Phi) is 6.83. The molecular formula is C19H21N3O3. The molecule has 0 aliphatic rings. The third kappa shape index (κ3) is 6.18. The molecule has 130 valence electrons. The summed E-state index contributed by atoms with van der Waals surface area (Å²) in [6.45, 7) is 2.59. The molecule has 0 saturated carbocycles. The highest BCUT2D eigenvalue weighted by atomic mass is 16.2. The molecule has 6 heteroatoms. The van der Waals surface area contributed by atoms with Crippen LogP contribution in [0.25, 0.3) is 0 Å². The second-order valence-corrected chi connectivity index (χ2v) is 5.63. The minimum Gasteiger partial charge on any atom is -0.354 e. The molecule has 0 fully saturated rings. The van der Waals surface area contributed by atoms with E-state index in [1.54, 1.807) is 36.7 Å². The number of benzene rings is 1. The van der Waals surface area contributed by atoms with Crippen LogP contribution in [0.2, 0.25) is 0 Å². The van der Waals surface area contributed by atoms with Gasteiger partial charge in [0, 0.05) is 49.5 Å². The number of carbonyl (C=O) groups excluding carboxylic acids is 3. The Bertz CT molecular complexity index is 727. The van der Waals surface area contributed by atoms with Gasteiger partial charge in [0.25, 0.3) is 5.91 Å². The number of rotatable bonds is 8. The van der Waals surface area contributed by atoms with Gasteiger partial charge < -0.3 is 10.6 Å².